The zero-order chi connectivity index (χ0) is 16.2. The predicted molar refractivity (Wildman–Crippen MR) is 85.0 cm³/mol. The highest BCUT2D eigenvalue weighted by molar-refractivity contribution is 9.10. The number of aromatic carboxylic acids is 1. The summed E-state index contributed by atoms with van der Waals surface area (Å²) >= 11 is 3.45. The Balaban J connectivity index is 3.62. The lowest BCUT2D eigenvalue weighted by Crippen LogP contribution is -2.17. The zero-order valence-electron chi connectivity index (χ0n) is 12.8. The molecule has 0 heterocycles. The second-order valence-electron chi connectivity index (χ2n) is 5.22. The number of carbonyl (C=O) groups excluding carboxylic acids is 1. The average molecular weight is 357 g/mol. The summed E-state index contributed by atoms with van der Waals surface area (Å²) in [5.74, 6) is -1.39. The molecule has 0 amide bonds. The van der Waals surface area contributed by atoms with Crippen LogP contribution in [-0.2, 0) is 17.6 Å². The molecule has 0 atom stereocenters. The van der Waals surface area contributed by atoms with Gasteiger partial charge in [-0.1, -0.05) is 36.7 Å². The summed E-state index contributed by atoms with van der Waals surface area (Å²) in [6, 6.07) is 1.56. The highest BCUT2D eigenvalue weighted by atomic mass is 79.9. The van der Waals surface area contributed by atoms with Crippen LogP contribution in [0.1, 0.15) is 59.5 Å². The van der Waals surface area contributed by atoms with Crippen LogP contribution in [0.25, 0.3) is 0 Å². The summed E-state index contributed by atoms with van der Waals surface area (Å²) in [7, 11) is 0. The van der Waals surface area contributed by atoms with Gasteiger partial charge in [-0.05, 0) is 42.9 Å². The van der Waals surface area contributed by atoms with E-state index in [2.05, 4.69) is 15.9 Å². The lowest BCUT2D eigenvalue weighted by atomic mass is 9.89. The molecule has 1 aromatic carbocycles. The summed E-state index contributed by atoms with van der Waals surface area (Å²) in [4.78, 5) is 23.7. The van der Waals surface area contributed by atoms with Gasteiger partial charge >= 0.3 is 11.9 Å². The number of ether oxygens (including phenoxy) is 1. The Morgan fingerprint density at radius 1 is 1.29 bits per heavy atom. The Bertz CT molecular complexity index is 550. The van der Waals surface area contributed by atoms with E-state index in [1.54, 1.807) is 13.0 Å². The van der Waals surface area contributed by atoms with E-state index >= 15 is 0 Å². The molecule has 0 radical (unpaired) electrons. The van der Waals surface area contributed by atoms with Crippen LogP contribution in [0.2, 0.25) is 0 Å². The van der Waals surface area contributed by atoms with E-state index in [9.17, 15) is 14.7 Å². The third-order valence-corrected chi connectivity index (χ3v) is 3.88. The molecule has 1 rings (SSSR count). The fourth-order valence-electron chi connectivity index (χ4n) is 2.37. The van der Waals surface area contributed by atoms with Crippen molar-refractivity contribution >= 4 is 27.9 Å². The van der Waals surface area contributed by atoms with Gasteiger partial charge in [0, 0.05) is 4.47 Å². The Morgan fingerprint density at radius 3 is 2.33 bits per heavy atom. The first-order chi connectivity index (χ1) is 9.83. The summed E-state index contributed by atoms with van der Waals surface area (Å²) in [5, 5.41) is 9.56. The maximum Gasteiger partial charge on any atom is 0.339 e. The predicted octanol–water partition coefficient (Wildman–Crippen LogP) is 4.08. The number of benzene rings is 1. The third kappa shape index (κ3) is 4.06. The minimum Gasteiger partial charge on any atom is -0.478 e. The highest BCUT2D eigenvalue weighted by Gasteiger charge is 2.25. The lowest BCUT2D eigenvalue weighted by Gasteiger charge is -2.18. The highest BCUT2D eigenvalue weighted by Crippen LogP contribution is 2.30. The second kappa shape index (κ2) is 7.59. The van der Waals surface area contributed by atoms with E-state index in [1.165, 1.54) is 0 Å². The smallest absolute Gasteiger partial charge is 0.339 e. The normalized spacial score (nSPS) is 10.8. The fourth-order valence-corrected chi connectivity index (χ4v) is 3.12. The molecule has 0 saturated heterocycles. The van der Waals surface area contributed by atoms with E-state index in [0.717, 1.165) is 15.6 Å². The number of hydrogen-bond donors (Lipinski definition) is 1. The van der Waals surface area contributed by atoms with Crippen LogP contribution in [-0.4, -0.2) is 23.7 Å². The van der Waals surface area contributed by atoms with Gasteiger partial charge < -0.3 is 9.84 Å². The van der Waals surface area contributed by atoms with E-state index in [1.807, 2.05) is 20.8 Å². The molecule has 5 heteroatoms. The minimum atomic E-state index is -1.09. The molecule has 0 spiro atoms. The first-order valence-corrected chi connectivity index (χ1v) is 7.87. The first-order valence-electron chi connectivity index (χ1n) is 7.08. The van der Waals surface area contributed by atoms with Crippen molar-refractivity contribution in [1.82, 2.24) is 0 Å². The van der Waals surface area contributed by atoms with Gasteiger partial charge in [-0.3, -0.25) is 0 Å². The Morgan fingerprint density at radius 2 is 1.90 bits per heavy atom. The molecule has 0 aliphatic rings. The molecule has 0 unspecified atom stereocenters. The zero-order valence-corrected chi connectivity index (χ0v) is 14.4. The van der Waals surface area contributed by atoms with E-state index in [0.29, 0.717) is 12.8 Å². The van der Waals surface area contributed by atoms with Crippen molar-refractivity contribution in [2.24, 2.45) is 5.92 Å². The van der Waals surface area contributed by atoms with E-state index in [-0.39, 0.29) is 23.7 Å². The van der Waals surface area contributed by atoms with Crippen molar-refractivity contribution < 1.29 is 19.4 Å². The standard InChI is InChI=1S/C16H21BrO4/c1-5-10-11(7-9(3)4)14(15(18)19)12(8-13(10)17)16(20)21-6-2/h8-9H,5-7H2,1-4H3,(H,18,19). The van der Waals surface area contributed by atoms with Crippen molar-refractivity contribution in [2.75, 3.05) is 6.61 Å². The van der Waals surface area contributed by atoms with Gasteiger partial charge in [-0.25, -0.2) is 9.59 Å². The molecule has 0 saturated carbocycles. The van der Waals surface area contributed by atoms with Crippen LogP contribution in [0.4, 0.5) is 0 Å². The molecule has 0 aliphatic heterocycles. The van der Waals surface area contributed by atoms with Crippen molar-refractivity contribution in [2.45, 2.75) is 40.5 Å². The molecule has 1 aromatic rings. The van der Waals surface area contributed by atoms with E-state index in [4.69, 9.17) is 4.74 Å². The van der Waals surface area contributed by atoms with Gasteiger partial charge in [0.2, 0.25) is 0 Å². The van der Waals surface area contributed by atoms with Gasteiger partial charge in [-0.15, -0.1) is 0 Å². The van der Waals surface area contributed by atoms with Crippen LogP contribution in [0, 0.1) is 5.92 Å². The van der Waals surface area contributed by atoms with Crippen LogP contribution in [0.5, 0.6) is 0 Å². The number of halogens is 1. The molecular formula is C16H21BrO4. The van der Waals surface area contributed by atoms with Crippen LogP contribution in [0.3, 0.4) is 0 Å². The molecule has 0 bridgehead atoms. The van der Waals surface area contributed by atoms with Gasteiger partial charge in [-0.2, -0.15) is 0 Å². The number of hydrogen-bond acceptors (Lipinski definition) is 3. The lowest BCUT2D eigenvalue weighted by molar-refractivity contribution is 0.0514. The Hall–Kier alpha value is -1.36. The van der Waals surface area contributed by atoms with Crippen molar-refractivity contribution in [3.8, 4) is 0 Å². The monoisotopic (exact) mass is 356 g/mol. The number of rotatable bonds is 6. The molecule has 116 valence electrons. The van der Waals surface area contributed by atoms with Gasteiger partial charge in [0.15, 0.2) is 0 Å². The summed E-state index contributed by atoms with van der Waals surface area (Å²) in [5.41, 5.74) is 1.85. The van der Waals surface area contributed by atoms with Gasteiger partial charge in [0.1, 0.15) is 0 Å². The van der Waals surface area contributed by atoms with Crippen molar-refractivity contribution in [1.29, 1.82) is 0 Å². The largest absolute Gasteiger partial charge is 0.478 e. The number of carboxylic acids is 1. The second-order valence-corrected chi connectivity index (χ2v) is 6.07. The average Bonchev–Trinajstić information content (AvgIpc) is 2.37. The van der Waals surface area contributed by atoms with Crippen molar-refractivity contribution in [3.63, 3.8) is 0 Å². The van der Waals surface area contributed by atoms with Crippen molar-refractivity contribution in [3.05, 3.63) is 32.8 Å². The molecular weight excluding hydrogens is 336 g/mol. The summed E-state index contributed by atoms with van der Waals surface area (Å²) in [6.07, 6.45) is 1.31. The SMILES string of the molecule is CCOC(=O)c1cc(Br)c(CC)c(CC(C)C)c1C(=O)O. The number of carbonyl (C=O) groups is 2. The fraction of sp³-hybridized carbons (Fsp3) is 0.500. The molecule has 0 aromatic heterocycles. The quantitative estimate of drug-likeness (QED) is 0.779. The molecule has 21 heavy (non-hydrogen) atoms. The minimum absolute atomic E-state index is 0.0715. The Labute approximate surface area is 133 Å². The summed E-state index contributed by atoms with van der Waals surface area (Å²) in [6.45, 7) is 7.93. The third-order valence-electron chi connectivity index (χ3n) is 3.17. The molecule has 4 nitrogen and oxygen atoms in total. The maximum atomic E-state index is 12.1. The number of esters is 1. The van der Waals surface area contributed by atoms with Crippen LogP contribution in [0.15, 0.2) is 10.5 Å². The van der Waals surface area contributed by atoms with E-state index < -0.39 is 11.9 Å². The Kier molecular flexibility index (Phi) is 6.40. The van der Waals surface area contributed by atoms with Crippen LogP contribution >= 0.6 is 15.9 Å². The van der Waals surface area contributed by atoms with Gasteiger partial charge in [0.05, 0.1) is 17.7 Å². The molecule has 0 aliphatic carbocycles. The van der Waals surface area contributed by atoms with Crippen LogP contribution < -0.4 is 0 Å². The number of carboxylic acid groups (broad SMARTS) is 1. The molecule has 1 N–H and O–H groups in total. The van der Waals surface area contributed by atoms with Gasteiger partial charge in [0.25, 0.3) is 0 Å². The maximum absolute atomic E-state index is 12.1. The first kappa shape index (κ1) is 17.7. The molecule has 0 fully saturated rings. The summed E-state index contributed by atoms with van der Waals surface area (Å²) < 4.78 is 5.74. The topological polar surface area (TPSA) is 63.6 Å².